The number of para-hydroxylation sites is 1. The second-order valence-electron chi connectivity index (χ2n) is 10.2. The first-order valence-electron chi connectivity index (χ1n) is 14.2. The summed E-state index contributed by atoms with van der Waals surface area (Å²) in [5.41, 5.74) is 16.6. The average Bonchev–Trinajstić information content (AvgIpc) is 3.44. The third-order valence-electron chi connectivity index (χ3n) is 7.25. The van der Waals surface area contributed by atoms with Crippen molar-refractivity contribution in [3.63, 3.8) is 0 Å². The van der Waals surface area contributed by atoms with Gasteiger partial charge in [-0.15, -0.1) is 0 Å². The zero-order valence-corrected chi connectivity index (χ0v) is 25.6. The standard InChI is InChI=1S/C33H30Cl2N6O4/c34-25-13-16-28(29(35)19-25)30-33(32(43)40-39-26-9-2-1-3-10-26,20-23-7-4-5-8-24(23)21-37-41-36)38-31(45-30)22-11-14-27(15-12-22)44-18-6-17-42/h1-5,7-16,19,30,39,42H,6,17-18,20-21H2,(H,40,43)/t30-,33-/m0/s1. The second-order valence-corrected chi connectivity index (χ2v) is 11.1. The average molecular weight is 646 g/mol. The number of hydrazine groups is 1. The van der Waals surface area contributed by atoms with Gasteiger partial charge in [-0.1, -0.05) is 76.8 Å². The molecule has 0 unspecified atom stereocenters. The fourth-order valence-electron chi connectivity index (χ4n) is 5.01. The Bertz CT molecular complexity index is 1710. The lowest BCUT2D eigenvalue weighted by Crippen LogP contribution is -2.51. The molecule has 1 heterocycles. The minimum atomic E-state index is -1.57. The van der Waals surface area contributed by atoms with Crippen molar-refractivity contribution in [2.24, 2.45) is 10.1 Å². The van der Waals surface area contributed by atoms with E-state index in [-0.39, 0.29) is 25.5 Å². The van der Waals surface area contributed by atoms with Crippen LogP contribution in [0.2, 0.25) is 10.0 Å². The third kappa shape index (κ3) is 7.50. The summed E-state index contributed by atoms with van der Waals surface area (Å²) in [5, 5.41) is 13.6. The monoisotopic (exact) mass is 644 g/mol. The number of nitrogens with zero attached hydrogens (tertiary/aromatic N) is 4. The normalized spacial score (nSPS) is 17.0. The molecule has 45 heavy (non-hydrogen) atoms. The number of carbonyl (C=O) groups excluding carboxylic acids is 1. The number of rotatable bonds is 13. The van der Waals surface area contributed by atoms with Gasteiger partial charge in [0.1, 0.15) is 5.75 Å². The molecular formula is C33H30Cl2N6O4. The van der Waals surface area contributed by atoms with Crippen LogP contribution < -0.4 is 15.6 Å². The number of hydrogen-bond donors (Lipinski definition) is 3. The van der Waals surface area contributed by atoms with Crippen LogP contribution in [0.25, 0.3) is 10.4 Å². The van der Waals surface area contributed by atoms with Gasteiger partial charge >= 0.3 is 0 Å². The van der Waals surface area contributed by atoms with Gasteiger partial charge < -0.3 is 14.6 Å². The highest BCUT2D eigenvalue weighted by Gasteiger charge is 2.54. The fourth-order valence-corrected chi connectivity index (χ4v) is 5.52. The Morgan fingerprint density at radius 1 is 1.02 bits per heavy atom. The second kappa shape index (κ2) is 14.8. The molecule has 5 rings (SSSR count). The van der Waals surface area contributed by atoms with Gasteiger partial charge in [0.05, 0.1) is 18.8 Å². The van der Waals surface area contributed by atoms with E-state index in [9.17, 15) is 4.79 Å². The van der Waals surface area contributed by atoms with E-state index in [1.165, 1.54) is 0 Å². The van der Waals surface area contributed by atoms with Crippen LogP contribution in [0.1, 0.15) is 34.8 Å². The number of carbonyl (C=O) groups is 1. The number of hydrogen-bond acceptors (Lipinski definition) is 7. The summed E-state index contributed by atoms with van der Waals surface area (Å²) >= 11 is 13.0. The molecule has 2 atom stereocenters. The molecule has 1 aliphatic rings. The molecule has 0 radical (unpaired) electrons. The maximum absolute atomic E-state index is 14.5. The number of aliphatic hydroxyl groups is 1. The highest BCUT2D eigenvalue weighted by atomic mass is 35.5. The van der Waals surface area contributed by atoms with Crippen molar-refractivity contribution in [3.05, 3.63) is 140 Å². The zero-order valence-electron chi connectivity index (χ0n) is 24.1. The number of nitrogens with one attached hydrogen (secondary N) is 2. The first kappa shape index (κ1) is 31.7. The van der Waals surface area contributed by atoms with Crippen molar-refractivity contribution in [2.45, 2.75) is 31.0 Å². The largest absolute Gasteiger partial charge is 0.494 e. The first-order valence-corrected chi connectivity index (χ1v) is 14.9. The van der Waals surface area contributed by atoms with Gasteiger partial charge in [0.25, 0.3) is 5.91 Å². The van der Waals surface area contributed by atoms with Crippen LogP contribution in [0.15, 0.2) is 107 Å². The minimum Gasteiger partial charge on any atom is -0.494 e. The van der Waals surface area contributed by atoms with Gasteiger partial charge in [-0.05, 0) is 65.2 Å². The Morgan fingerprint density at radius 2 is 1.76 bits per heavy atom. The summed E-state index contributed by atoms with van der Waals surface area (Å²) in [6.07, 6.45) is -0.374. The van der Waals surface area contributed by atoms with Gasteiger partial charge in [0.2, 0.25) is 5.90 Å². The Morgan fingerprint density at radius 3 is 2.47 bits per heavy atom. The molecule has 4 aromatic rings. The summed E-state index contributed by atoms with van der Waals surface area (Å²) in [5.74, 6) is 0.376. The molecule has 0 aliphatic carbocycles. The SMILES string of the molecule is [N-]=[N+]=NCc1ccccc1C[C@]1(C(=O)NNc2ccccc2)N=C(c2ccc(OCCCO)cc2)O[C@H]1c1ccc(Cl)cc1Cl. The lowest BCUT2D eigenvalue weighted by atomic mass is 9.81. The van der Waals surface area contributed by atoms with Crippen molar-refractivity contribution in [1.82, 2.24) is 5.43 Å². The van der Waals surface area contributed by atoms with Crippen molar-refractivity contribution in [3.8, 4) is 5.75 Å². The van der Waals surface area contributed by atoms with Crippen LogP contribution in [0.3, 0.4) is 0 Å². The highest BCUT2D eigenvalue weighted by molar-refractivity contribution is 6.35. The predicted molar refractivity (Wildman–Crippen MR) is 174 cm³/mol. The van der Waals surface area contributed by atoms with Crippen LogP contribution in [-0.4, -0.2) is 35.7 Å². The number of anilines is 1. The quantitative estimate of drug-likeness (QED) is 0.0464. The molecule has 0 aromatic heterocycles. The van der Waals surface area contributed by atoms with E-state index >= 15 is 0 Å². The van der Waals surface area contributed by atoms with Gasteiger partial charge in [0.15, 0.2) is 11.6 Å². The number of halogens is 2. The molecule has 0 spiro atoms. The summed E-state index contributed by atoms with van der Waals surface area (Å²) in [7, 11) is 0. The van der Waals surface area contributed by atoms with Gasteiger partial charge in [0, 0.05) is 45.5 Å². The van der Waals surface area contributed by atoms with E-state index in [2.05, 4.69) is 20.9 Å². The highest BCUT2D eigenvalue weighted by Crippen LogP contribution is 2.45. The molecule has 230 valence electrons. The Balaban J connectivity index is 1.61. The zero-order chi connectivity index (χ0) is 31.6. The molecule has 4 aromatic carbocycles. The van der Waals surface area contributed by atoms with E-state index < -0.39 is 17.6 Å². The van der Waals surface area contributed by atoms with E-state index in [1.54, 1.807) is 42.5 Å². The Kier molecular flexibility index (Phi) is 10.4. The van der Waals surface area contributed by atoms with Crippen LogP contribution in [0, 0.1) is 0 Å². The Labute approximate surface area is 270 Å². The van der Waals surface area contributed by atoms with Crippen LogP contribution >= 0.6 is 23.2 Å². The smallest absolute Gasteiger partial charge is 0.270 e. The molecule has 0 saturated carbocycles. The number of amides is 1. The summed E-state index contributed by atoms with van der Waals surface area (Å²) < 4.78 is 12.2. The third-order valence-corrected chi connectivity index (χ3v) is 7.81. The van der Waals surface area contributed by atoms with Crippen LogP contribution in [0.5, 0.6) is 5.75 Å². The lowest BCUT2D eigenvalue weighted by Gasteiger charge is -2.32. The lowest BCUT2D eigenvalue weighted by molar-refractivity contribution is -0.128. The molecular weight excluding hydrogens is 615 g/mol. The number of benzene rings is 4. The van der Waals surface area contributed by atoms with E-state index in [0.29, 0.717) is 45.6 Å². The van der Waals surface area contributed by atoms with Crippen molar-refractivity contribution >= 4 is 40.7 Å². The maximum atomic E-state index is 14.5. The molecule has 0 fully saturated rings. The molecule has 3 N–H and O–H groups in total. The summed E-state index contributed by atoms with van der Waals surface area (Å²) in [4.78, 5) is 22.4. The van der Waals surface area contributed by atoms with Crippen molar-refractivity contribution in [2.75, 3.05) is 18.6 Å². The molecule has 0 bridgehead atoms. The van der Waals surface area contributed by atoms with Crippen LogP contribution in [-0.2, 0) is 22.5 Å². The molecule has 0 saturated heterocycles. The molecule has 10 nitrogen and oxygen atoms in total. The summed E-state index contributed by atoms with van der Waals surface area (Å²) in [6, 6.07) is 28.7. The Hall–Kier alpha value is -4.73. The summed E-state index contributed by atoms with van der Waals surface area (Å²) in [6.45, 7) is 0.498. The van der Waals surface area contributed by atoms with Gasteiger partial charge in [-0.2, -0.15) is 0 Å². The predicted octanol–water partition coefficient (Wildman–Crippen LogP) is 7.21. The van der Waals surface area contributed by atoms with Gasteiger partial charge in [-0.3, -0.25) is 15.6 Å². The molecule has 1 aliphatic heterocycles. The number of azide groups is 1. The van der Waals surface area contributed by atoms with Gasteiger partial charge in [-0.25, -0.2) is 4.99 Å². The van der Waals surface area contributed by atoms with E-state index in [1.807, 2.05) is 54.6 Å². The van der Waals surface area contributed by atoms with E-state index in [4.69, 9.17) is 48.3 Å². The van der Waals surface area contributed by atoms with Crippen molar-refractivity contribution in [1.29, 1.82) is 0 Å². The van der Waals surface area contributed by atoms with Crippen molar-refractivity contribution < 1.29 is 19.4 Å². The molecule has 12 heteroatoms. The first-order chi connectivity index (χ1) is 21.9. The number of aliphatic hydroxyl groups excluding tert-OH is 1. The number of aliphatic imine (C=N–C) groups is 1. The minimum absolute atomic E-state index is 0.0344. The fraction of sp³-hybridized carbons (Fsp3) is 0.212. The maximum Gasteiger partial charge on any atom is 0.270 e. The van der Waals surface area contributed by atoms with Crippen LogP contribution in [0.4, 0.5) is 5.69 Å². The molecule has 1 amide bonds. The topological polar surface area (TPSA) is 141 Å². The number of ether oxygens (including phenoxy) is 2. The van der Waals surface area contributed by atoms with E-state index in [0.717, 1.165) is 11.1 Å².